The molecular weight excluding hydrogens is 436 g/mol. The summed E-state index contributed by atoms with van der Waals surface area (Å²) in [5.74, 6) is 0.492. The summed E-state index contributed by atoms with van der Waals surface area (Å²) in [5.41, 5.74) is 3.93. The molecule has 5 rings (SSSR count). The quantitative estimate of drug-likeness (QED) is 0.334. The molecule has 0 unspecified atom stereocenters. The van der Waals surface area contributed by atoms with Crippen molar-refractivity contribution in [2.24, 2.45) is 0 Å². The Bertz CT molecular complexity index is 1530. The monoisotopic (exact) mass is 456 g/mol. The number of fused-ring (bicyclic) bond motifs is 1. The average Bonchev–Trinajstić information content (AvgIpc) is 3.35. The molecule has 0 aliphatic carbocycles. The number of hydrogen-bond donors (Lipinski definition) is 0. The molecule has 0 aliphatic heterocycles. The summed E-state index contributed by atoms with van der Waals surface area (Å²) in [4.78, 5) is 4.84. The molecule has 0 amide bonds. The number of sulfone groups is 1. The van der Waals surface area contributed by atoms with Gasteiger partial charge in [-0.1, -0.05) is 53.7 Å². The van der Waals surface area contributed by atoms with E-state index in [1.807, 2.05) is 54.6 Å². The number of hydrogen-bond acceptors (Lipinski definition) is 6. The number of methoxy groups -OCH3 is 1. The van der Waals surface area contributed by atoms with Crippen molar-refractivity contribution in [3.63, 3.8) is 0 Å². The van der Waals surface area contributed by atoms with E-state index in [-0.39, 0.29) is 10.6 Å². The highest BCUT2D eigenvalue weighted by molar-refractivity contribution is 7.90. The number of benzene rings is 3. The molecule has 0 N–H and O–H groups in total. The van der Waals surface area contributed by atoms with Crippen LogP contribution < -0.4 is 4.74 Å². The predicted octanol–water partition coefficient (Wildman–Crippen LogP) is 5.54. The highest BCUT2D eigenvalue weighted by atomic mass is 32.2. The number of ether oxygens (including phenoxy) is 1. The van der Waals surface area contributed by atoms with Crippen molar-refractivity contribution in [1.82, 2.24) is 10.1 Å². The zero-order chi connectivity index (χ0) is 22.8. The van der Waals surface area contributed by atoms with E-state index < -0.39 is 9.84 Å². The third-order valence-corrected chi connectivity index (χ3v) is 7.13. The first kappa shape index (κ1) is 20.9. The molecule has 5 aromatic rings. The Morgan fingerprint density at radius 1 is 0.909 bits per heavy atom. The molecule has 0 aliphatic rings. The summed E-state index contributed by atoms with van der Waals surface area (Å²) in [6.07, 6.45) is 3.04. The molecule has 0 fully saturated rings. The molecule has 2 heterocycles. The van der Waals surface area contributed by atoms with E-state index in [9.17, 15) is 8.42 Å². The molecule has 0 bridgehead atoms. The zero-order valence-corrected chi connectivity index (χ0v) is 18.6. The number of rotatable bonds is 6. The van der Waals surface area contributed by atoms with Crippen LogP contribution in [0.1, 0.15) is 5.69 Å². The van der Waals surface area contributed by atoms with Gasteiger partial charge in [-0.05, 0) is 35.2 Å². The molecule has 3 aromatic carbocycles. The van der Waals surface area contributed by atoms with Gasteiger partial charge in [-0.3, -0.25) is 4.98 Å². The molecule has 164 valence electrons. The summed E-state index contributed by atoms with van der Waals surface area (Å²) in [5, 5.41) is 5.32. The minimum Gasteiger partial charge on any atom is -0.495 e. The molecule has 0 saturated heterocycles. The van der Waals surface area contributed by atoms with Gasteiger partial charge in [0.05, 0.1) is 23.4 Å². The maximum atomic E-state index is 12.9. The van der Waals surface area contributed by atoms with Gasteiger partial charge < -0.3 is 9.26 Å². The lowest BCUT2D eigenvalue weighted by atomic mass is 9.97. The highest BCUT2D eigenvalue weighted by Gasteiger charge is 2.20. The summed E-state index contributed by atoms with van der Waals surface area (Å²) in [6.45, 7) is 0. The standard InChI is InChI=1S/C26H20N2O4S/c1-31-26-23(18-6-3-2-4-7-18)8-5-9-24(26)25-22-11-10-21(16-19(22)12-14-27-25)33(29,30)17-20-13-15-32-28-20/h2-16H,17H2,1H3. The van der Waals surface area contributed by atoms with E-state index in [1.165, 1.54) is 6.26 Å². The van der Waals surface area contributed by atoms with Gasteiger partial charge in [0, 0.05) is 28.8 Å². The Morgan fingerprint density at radius 2 is 1.73 bits per heavy atom. The Hall–Kier alpha value is -3.97. The average molecular weight is 457 g/mol. The third kappa shape index (κ3) is 3.99. The van der Waals surface area contributed by atoms with Crippen molar-refractivity contribution >= 4 is 20.6 Å². The van der Waals surface area contributed by atoms with Crippen LogP contribution >= 0.6 is 0 Å². The first-order chi connectivity index (χ1) is 16.1. The number of pyridine rings is 1. The second-order valence-electron chi connectivity index (χ2n) is 7.54. The van der Waals surface area contributed by atoms with Gasteiger partial charge in [0.25, 0.3) is 0 Å². The molecule has 6 nitrogen and oxygen atoms in total. The van der Waals surface area contributed by atoms with Crippen LogP contribution in [-0.4, -0.2) is 25.7 Å². The van der Waals surface area contributed by atoms with Crippen molar-refractivity contribution < 1.29 is 17.7 Å². The first-order valence-electron chi connectivity index (χ1n) is 10.3. The smallest absolute Gasteiger partial charge is 0.184 e. The second-order valence-corrected chi connectivity index (χ2v) is 9.53. The number of aromatic nitrogens is 2. The zero-order valence-electron chi connectivity index (χ0n) is 17.8. The fourth-order valence-corrected chi connectivity index (χ4v) is 5.23. The first-order valence-corrected chi connectivity index (χ1v) is 12.0. The largest absolute Gasteiger partial charge is 0.495 e. The van der Waals surface area contributed by atoms with Gasteiger partial charge in [0.15, 0.2) is 9.84 Å². The van der Waals surface area contributed by atoms with Crippen LogP contribution in [0.3, 0.4) is 0 Å². The molecule has 0 spiro atoms. The van der Waals surface area contributed by atoms with Gasteiger partial charge in [0.1, 0.15) is 17.8 Å². The predicted molar refractivity (Wildman–Crippen MR) is 127 cm³/mol. The maximum absolute atomic E-state index is 12.9. The Balaban J connectivity index is 1.62. The Morgan fingerprint density at radius 3 is 2.48 bits per heavy atom. The van der Waals surface area contributed by atoms with Crippen molar-refractivity contribution in [2.75, 3.05) is 7.11 Å². The van der Waals surface area contributed by atoms with Crippen LogP contribution in [0.2, 0.25) is 0 Å². The Labute approximate surface area is 191 Å². The van der Waals surface area contributed by atoms with Gasteiger partial charge in [-0.2, -0.15) is 0 Å². The van der Waals surface area contributed by atoms with Crippen LogP contribution in [0.25, 0.3) is 33.2 Å². The van der Waals surface area contributed by atoms with Gasteiger partial charge in [-0.25, -0.2) is 8.42 Å². The summed E-state index contributed by atoms with van der Waals surface area (Å²) >= 11 is 0. The van der Waals surface area contributed by atoms with Crippen molar-refractivity contribution in [3.05, 3.63) is 97.0 Å². The van der Waals surface area contributed by atoms with E-state index in [1.54, 1.807) is 37.6 Å². The number of para-hydroxylation sites is 1. The van der Waals surface area contributed by atoms with Crippen LogP contribution in [0.15, 0.2) is 101 Å². The van der Waals surface area contributed by atoms with Crippen molar-refractivity contribution in [1.29, 1.82) is 0 Å². The van der Waals surface area contributed by atoms with Crippen molar-refractivity contribution in [2.45, 2.75) is 10.6 Å². The van der Waals surface area contributed by atoms with E-state index >= 15 is 0 Å². The SMILES string of the molecule is COc1c(-c2ccccc2)cccc1-c1nccc2cc(S(=O)(=O)Cc3ccon3)ccc12. The Kier molecular flexibility index (Phi) is 5.40. The van der Waals surface area contributed by atoms with Gasteiger partial charge in [-0.15, -0.1) is 0 Å². The highest BCUT2D eigenvalue weighted by Crippen LogP contribution is 2.40. The van der Waals surface area contributed by atoms with Gasteiger partial charge >= 0.3 is 0 Å². The molecule has 33 heavy (non-hydrogen) atoms. The fourth-order valence-electron chi connectivity index (χ4n) is 3.94. The van der Waals surface area contributed by atoms with Crippen LogP contribution in [-0.2, 0) is 15.6 Å². The molecule has 0 atom stereocenters. The minimum atomic E-state index is -3.58. The summed E-state index contributed by atoms with van der Waals surface area (Å²) in [6, 6.07) is 24.4. The molecule has 0 saturated carbocycles. The van der Waals surface area contributed by atoms with Gasteiger partial charge in [0.2, 0.25) is 0 Å². The third-order valence-electron chi connectivity index (χ3n) is 5.48. The lowest BCUT2D eigenvalue weighted by Crippen LogP contribution is -2.05. The normalized spacial score (nSPS) is 11.5. The van der Waals surface area contributed by atoms with Crippen molar-refractivity contribution in [3.8, 4) is 28.1 Å². The summed E-state index contributed by atoms with van der Waals surface area (Å²) in [7, 11) is -1.93. The maximum Gasteiger partial charge on any atom is 0.184 e. The van der Waals surface area contributed by atoms with E-state index in [0.717, 1.165) is 33.2 Å². The number of nitrogens with zero attached hydrogens (tertiary/aromatic N) is 2. The molecule has 7 heteroatoms. The van der Waals surface area contributed by atoms with Crippen LogP contribution in [0.4, 0.5) is 0 Å². The topological polar surface area (TPSA) is 82.3 Å². The lowest BCUT2D eigenvalue weighted by Gasteiger charge is -2.15. The van der Waals surface area contributed by atoms with E-state index in [0.29, 0.717) is 11.4 Å². The van der Waals surface area contributed by atoms with Crippen LogP contribution in [0, 0.1) is 0 Å². The molecular formula is C26H20N2O4S. The molecule has 2 aromatic heterocycles. The fraction of sp³-hybridized carbons (Fsp3) is 0.0769. The molecule has 0 radical (unpaired) electrons. The lowest BCUT2D eigenvalue weighted by molar-refractivity contribution is 0.413. The van der Waals surface area contributed by atoms with E-state index in [4.69, 9.17) is 9.26 Å². The van der Waals surface area contributed by atoms with E-state index in [2.05, 4.69) is 10.1 Å². The summed E-state index contributed by atoms with van der Waals surface area (Å²) < 4.78 is 36.3. The second kappa shape index (κ2) is 8.52. The van der Waals surface area contributed by atoms with Crippen LogP contribution in [0.5, 0.6) is 5.75 Å². The minimum absolute atomic E-state index is 0.222.